The maximum absolute atomic E-state index is 6.21. The maximum atomic E-state index is 6.21. The highest BCUT2D eigenvalue weighted by atomic mass is 35.5. The molecule has 1 aliphatic heterocycles. The molecule has 5 rings (SSSR count). The van der Waals surface area contributed by atoms with Crippen molar-refractivity contribution in [2.24, 2.45) is 5.92 Å². The Labute approximate surface area is 222 Å². The minimum absolute atomic E-state index is 0.0278. The molecule has 36 heavy (non-hydrogen) atoms. The quantitative estimate of drug-likeness (QED) is 0.363. The Hall–Kier alpha value is -2.32. The summed E-state index contributed by atoms with van der Waals surface area (Å²) in [5.74, 6) is 2.71. The van der Waals surface area contributed by atoms with Crippen LogP contribution in [0.5, 0.6) is 11.5 Å². The van der Waals surface area contributed by atoms with E-state index >= 15 is 0 Å². The number of halogens is 2. The van der Waals surface area contributed by atoms with Crippen molar-refractivity contribution in [2.75, 3.05) is 45.3 Å². The van der Waals surface area contributed by atoms with Gasteiger partial charge in [0.2, 0.25) is 0 Å². The normalized spacial score (nSPS) is 19.4. The van der Waals surface area contributed by atoms with Gasteiger partial charge in [-0.05, 0) is 43.0 Å². The molecule has 0 bridgehead atoms. The van der Waals surface area contributed by atoms with Gasteiger partial charge in [-0.25, -0.2) is 9.97 Å². The lowest BCUT2D eigenvalue weighted by Gasteiger charge is -2.36. The second-order valence-corrected chi connectivity index (χ2v) is 10.4. The number of rotatable bonds is 8. The molecule has 192 valence electrons. The van der Waals surface area contributed by atoms with Gasteiger partial charge in [0, 0.05) is 36.8 Å². The van der Waals surface area contributed by atoms with Crippen molar-refractivity contribution in [1.29, 1.82) is 0 Å². The predicted octanol–water partition coefficient (Wildman–Crippen LogP) is 6.35. The molecule has 1 saturated heterocycles. The van der Waals surface area contributed by atoms with E-state index in [0.717, 1.165) is 42.2 Å². The highest BCUT2D eigenvalue weighted by Crippen LogP contribution is 2.36. The number of nitrogens with zero attached hydrogens (tertiary/aromatic N) is 3. The van der Waals surface area contributed by atoms with Gasteiger partial charge in [-0.2, -0.15) is 0 Å². The summed E-state index contributed by atoms with van der Waals surface area (Å²) in [4.78, 5) is 11.4. The van der Waals surface area contributed by atoms with Gasteiger partial charge in [0.15, 0.2) is 11.5 Å². The van der Waals surface area contributed by atoms with E-state index in [9.17, 15) is 0 Å². The molecule has 1 atom stereocenters. The first-order valence-electron chi connectivity index (χ1n) is 12.6. The Morgan fingerprint density at radius 2 is 1.92 bits per heavy atom. The first kappa shape index (κ1) is 25.3. The second-order valence-electron chi connectivity index (χ2n) is 9.56. The van der Waals surface area contributed by atoms with Crippen LogP contribution in [0, 0.1) is 5.92 Å². The zero-order valence-corrected chi connectivity index (χ0v) is 22.0. The zero-order chi connectivity index (χ0) is 24.9. The highest BCUT2D eigenvalue weighted by molar-refractivity contribution is 6.42. The molecule has 2 heterocycles. The van der Waals surface area contributed by atoms with Crippen molar-refractivity contribution in [1.82, 2.24) is 14.9 Å². The van der Waals surface area contributed by atoms with Crippen molar-refractivity contribution in [3.63, 3.8) is 0 Å². The average Bonchev–Trinajstić information content (AvgIpc) is 2.90. The Morgan fingerprint density at radius 1 is 1.06 bits per heavy atom. The smallest absolute Gasteiger partial charge is 0.163 e. The molecular formula is C27H32Cl2N4O3. The highest BCUT2D eigenvalue weighted by Gasteiger charge is 2.25. The third-order valence-electron chi connectivity index (χ3n) is 6.99. The first-order valence-corrected chi connectivity index (χ1v) is 13.4. The van der Waals surface area contributed by atoms with Crippen molar-refractivity contribution in [3.05, 3.63) is 46.7 Å². The fourth-order valence-corrected chi connectivity index (χ4v) is 5.41. The van der Waals surface area contributed by atoms with Crippen LogP contribution in [0.3, 0.4) is 0 Å². The first-order chi connectivity index (χ1) is 17.6. The van der Waals surface area contributed by atoms with E-state index in [1.54, 1.807) is 19.2 Å². The van der Waals surface area contributed by atoms with Crippen molar-refractivity contribution < 1.29 is 14.2 Å². The van der Waals surface area contributed by atoms with E-state index in [-0.39, 0.29) is 6.10 Å². The van der Waals surface area contributed by atoms with Gasteiger partial charge in [-0.15, -0.1) is 0 Å². The van der Waals surface area contributed by atoms with Crippen LogP contribution >= 0.6 is 23.2 Å². The summed E-state index contributed by atoms with van der Waals surface area (Å²) in [5, 5.41) is 5.06. The lowest BCUT2D eigenvalue weighted by molar-refractivity contribution is -0.0529. The number of aromatic nitrogens is 2. The molecule has 0 radical (unpaired) electrons. The summed E-state index contributed by atoms with van der Waals surface area (Å²) in [6, 6.07) is 9.12. The van der Waals surface area contributed by atoms with E-state index in [0.29, 0.717) is 34.0 Å². The molecule has 2 aliphatic rings. The summed E-state index contributed by atoms with van der Waals surface area (Å²) in [6.45, 7) is 4.27. The monoisotopic (exact) mass is 530 g/mol. The number of hydrogen-bond acceptors (Lipinski definition) is 7. The molecule has 1 N–H and O–H groups in total. The fraction of sp³-hybridized carbons (Fsp3) is 0.481. The molecule has 1 unspecified atom stereocenters. The Balaban J connectivity index is 1.27. The molecule has 9 heteroatoms. The minimum Gasteiger partial charge on any atom is -0.493 e. The largest absolute Gasteiger partial charge is 0.493 e. The average molecular weight is 531 g/mol. The van der Waals surface area contributed by atoms with Crippen molar-refractivity contribution >= 4 is 45.6 Å². The van der Waals surface area contributed by atoms with Crippen LogP contribution in [0.15, 0.2) is 36.7 Å². The van der Waals surface area contributed by atoms with E-state index in [2.05, 4.69) is 20.2 Å². The van der Waals surface area contributed by atoms with Crippen LogP contribution in [-0.2, 0) is 4.74 Å². The molecule has 2 aromatic carbocycles. The zero-order valence-electron chi connectivity index (χ0n) is 20.5. The standard InChI is InChI=1S/C27H32Cl2N4O3/c1-34-25-12-21-24(30-17-31-27(21)32-19-7-8-22(28)23(29)11-19)13-26(25)36-16-20-15-33(9-10-35-20)14-18-5-3-2-4-6-18/h7-8,11-13,17-18,20H,2-6,9-10,14-16H2,1H3,(H,30,31,32). The van der Waals surface area contributed by atoms with Gasteiger partial charge >= 0.3 is 0 Å². The topological polar surface area (TPSA) is 68.7 Å². The van der Waals surface area contributed by atoms with E-state index in [1.807, 2.05) is 18.2 Å². The molecule has 0 amide bonds. The van der Waals surface area contributed by atoms with Crippen molar-refractivity contribution in [2.45, 2.75) is 38.2 Å². The number of morpholine rings is 1. The number of benzene rings is 2. The summed E-state index contributed by atoms with van der Waals surface area (Å²) in [6.07, 6.45) is 8.40. The van der Waals surface area contributed by atoms with Crippen LogP contribution in [0.1, 0.15) is 32.1 Å². The molecule has 0 spiro atoms. The van der Waals surface area contributed by atoms with Crippen LogP contribution in [0.2, 0.25) is 10.0 Å². The van der Waals surface area contributed by atoms with Gasteiger partial charge in [0.1, 0.15) is 24.9 Å². The second kappa shape index (κ2) is 11.8. The fourth-order valence-electron chi connectivity index (χ4n) is 5.11. The predicted molar refractivity (Wildman–Crippen MR) is 144 cm³/mol. The summed E-state index contributed by atoms with van der Waals surface area (Å²) in [5.41, 5.74) is 1.52. The SMILES string of the molecule is COc1cc2c(Nc3ccc(Cl)c(Cl)c3)ncnc2cc1OCC1CN(CC2CCCCC2)CCO1. The number of hydrogen-bond donors (Lipinski definition) is 1. The van der Waals surface area contributed by atoms with Gasteiger partial charge in [-0.1, -0.05) is 42.5 Å². The maximum Gasteiger partial charge on any atom is 0.163 e. The summed E-state index contributed by atoms with van der Waals surface area (Å²) < 4.78 is 17.9. The number of nitrogens with one attached hydrogen (secondary N) is 1. The molecule has 1 aromatic heterocycles. The number of methoxy groups -OCH3 is 1. The number of ether oxygens (including phenoxy) is 3. The summed E-state index contributed by atoms with van der Waals surface area (Å²) in [7, 11) is 1.63. The van der Waals surface area contributed by atoms with Gasteiger partial charge in [0.25, 0.3) is 0 Å². The van der Waals surface area contributed by atoms with E-state index in [1.165, 1.54) is 45.0 Å². The Bertz CT molecular complexity index is 1190. The van der Waals surface area contributed by atoms with Crippen LogP contribution < -0.4 is 14.8 Å². The Morgan fingerprint density at radius 3 is 2.72 bits per heavy atom. The van der Waals surface area contributed by atoms with E-state index < -0.39 is 0 Å². The Kier molecular flexibility index (Phi) is 8.32. The van der Waals surface area contributed by atoms with Crippen LogP contribution in [0.25, 0.3) is 10.9 Å². The number of fused-ring (bicyclic) bond motifs is 1. The van der Waals surface area contributed by atoms with Gasteiger partial charge in [-0.3, -0.25) is 4.90 Å². The number of anilines is 2. The van der Waals surface area contributed by atoms with Gasteiger partial charge < -0.3 is 19.5 Å². The third kappa shape index (κ3) is 6.14. The molecule has 2 fully saturated rings. The molecule has 1 saturated carbocycles. The molecule has 3 aromatic rings. The van der Waals surface area contributed by atoms with Gasteiger partial charge in [0.05, 0.1) is 29.3 Å². The molecule has 1 aliphatic carbocycles. The minimum atomic E-state index is 0.0278. The lowest BCUT2D eigenvalue weighted by Crippen LogP contribution is -2.46. The molecular weight excluding hydrogens is 499 g/mol. The van der Waals surface area contributed by atoms with Crippen LogP contribution in [0.4, 0.5) is 11.5 Å². The summed E-state index contributed by atoms with van der Waals surface area (Å²) >= 11 is 12.2. The van der Waals surface area contributed by atoms with Crippen LogP contribution in [-0.4, -0.2) is 60.9 Å². The van der Waals surface area contributed by atoms with E-state index in [4.69, 9.17) is 37.4 Å². The lowest BCUT2D eigenvalue weighted by atomic mass is 9.89. The molecule has 7 nitrogen and oxygen atoms in total. The van der Waals surface area contributed by atoms with Crippen molar-refractivity contribution in [3.8, 4) is 11.5 Å². The third-order valence-corrected chi connectivity index (χ3v) is 7.73.